The number of nitrogens with one attached hydrogen (secondary N) is 1. The van der Waals surface area contributed by atoms with Crippen LogP contribution in [0.25, 0.3) is 0 Å². The van der Waals surface area contributed by atoms with Crippen molar-refractivity contribution in [2.75, 3.05) is 11.3 Å². The molecule has 0 saturated carbocycles. The van der Waals surface area contributed by atoms with Crippen molar-refractivity contribution in [2.45, 2.75) is 18.2 Å². The highest BCUT2D eigenvalue weighted by Gasteiger charge is 2.15. The van der Waals surface area contributed by atoms with Gasteiger partial charge in [0.25, 0.3) is 10.0 Å². The normalized spacial score (nSPS) is 11.4. The van der Waals surface area contributed by atoms with Gasteiger partial charge in [-0.3, -0.25) is 4.72 Å². The Hall–Kier alpha value is -1.56. The molecule has 0 radical (unpaired) electrons. The Morgan fingerprint density at radius 3 is 2.38 bits per heavy atom. The van der Waals surface area contributed by atoms with Gasteiger partial charge < -0.3 is 5.11 Å². The zero-order valence-corrected chi connectivity index (χ0v) is 13.1. The minimum absolute atomic E-state index is 0.0311. The summed E-state index contributed by atoms with van der Waals surface area (Å²) in [6.07, 6.45) is 0.498. The summed E-state index contributed by atoms with van der Waals surface area (Å²) in [5.74, 6) is 0. The Bertz CT molecular complexity index is 727. The number of hydrogen-bond donors (Lipinski definition) is 2. The van der Waals surface area contributed by atoms with E-state index in [4.69, 9.17) is 16.7 Å². The predicted molar refractivity (Wildman–Crippen MR) is 84.2 cm³/mol. The summed E-state index contributed by atoms with van der Waals surface area (Å²) in [7, 11) is -3.68. The van der Waals surface area contributed by atoms with Gasteiger partial charge in [-0.25, -0.2) is 8.42 Å². The summed E-state index contributed by atoms with van der Waals surface area (Å²) in [6, 6.07) is 11.5. The molecule has 0 bridgehead atoms. The lowest BCUT2D eigenvalue weighted by Crippen LogP contribution is -2.13. The third kappa shape index (κ3) is 3.97. The van der Waals surface area contributed by atoms with Crippen LogP contribution in [-0.2, 0) is 16.4 Å². The molecule has 0 aliphatic heterocycles. The maximum Gasteiger partial charge on any atom is 0.261 e. The predicted octanol–water partition coefficient (Wildman–Crippen LogP) is 2.98. The molecule has 21 heavy (non-hydrogen) atoms. The SMILES string of the molecule is Cc1ccc(NS(=O)(=O)c2ccc(CCO)cc2)c(Cl)c1. The minimum Gasteiger partial charge on any atom is -0.396 e. The molecule has 0 aromatic heterocycles. The summed E-state index contributed by atoms with van der Waals surface area (Å²) in [6.45, 7) is 1.91. The van der Waals surface area contributed by atoms with Gasteiger partial charge in [0.1, 0.15) is 0 Å². The lowest BCUT2D eigenvalue weighted by atomic mass is 10.2. The van der Waals surface area contributed by atoms with Crippen LogP contribution in [0.4, 0.5) is 5.69 Å². The van der Waals surface area contributed by atoms with Gasteiger partial charge in [-0.1, -0.05) is 29.8 Å². The van der Waals surface area contributed by atoms with E-state index >= 15 is 0 Å². The second-order valence-corrected chi connectivity index (χ2v) is 6.80. The van der Waals surface area contributed by atoms with Crippen LogP contribution in [-0.4, -0.2) is 20.1 Å². The monoisotopic (exact) mass is 325 g/mol. The van der Waals surface area contributed by atoms with E-state index < -0.39 is 10.0 Å². The van der Waals surface area contributed by atoms with Crippen molar-refractivity contribution < 1.29 is 13.5 Å². The molecule has 4 nitrogen and oxygen atoms in total. The molecule has 2 N–H and O–H groups in total. The van der Waals surface area contributed by atoms with Crippen LogP contribution >= 0.6 is 11.6 Å². The number of hydrogen-bond acceptors (Lipinski definition) is 3. The first-order valence-corrected chi connectivity index (χ1v) is 8.27. The third-order valence-electron chi connectivity index (χ3n) is 3.00. The maximum atomic E-state index is 12.3. The fourth-order valence-corrected chi connectivity index (χ4v) is 3.29. The second-order valence-electron chi connectivity index (χ2n) is 4.71. The van der Waals surface area contributed by atoms with Crippen LogP contribution < -0.4 is 4.72 Å². The van der Waals surface area contributed by atoms with Crippen molar-refractivity contribution in [3.05, 3.63) is 58.6 Å². The summed E-state index contributed by atoms with van der Waals surface area (Å²) >= 11 is 6.03. The van der Waals surface area contributed by atoms with Gasteiger partial charge in [0.2, 0.25) is 0 Å². The average molecular weight is 326 g/mol. The molecular formula is C15H16ClNO3S. The Morgan fingerprint density at radius 1 is 1.14 bits per heavy atom. The van der Waals surface area contributed by atoms with Crippen molar-refractivity contribution in [3.63, 3.8) is 0 Å². The number of sulfonamides is 1. The highest BCUT2D eigenvalue weighted by atomic mass is 35.5. The van der Waals surface area contributed by atoms with E-state index in [1.807, 2.05) is 6.92 Å². The van der Waals surface area contributed by atoms with Crippen molar-refractivity contribution in [3.8, 4) is 0 Å². The molecule has 2 rings (SSSR count). The molecule has 0 aliphatic carbocycles. The molecule has 0 atom stereocenters. The largest absolute Gasteiger partial charge is 0.396 e. The number of anilines is 1. The number of aliphatic hydroxyl groups is 1. The Morgan fingerprint density at radius 2 is 1.81 bits per heavy atom. The Kier molecular flexibility index (Phi) is 4.88. The number of halogens is 1. The molecular weight excluding hydrogens is 310 g/mol. The topological polar surface area (TPSA) is 66.4 Å². The second kappa shape index (κ2) is 6.47. The van der Waals surface area contributed by atoms with Crippen LogP contribution in [0.15, 0.2) is 47.4 Å². The highest BCUT2D eigenvalue weighted by molar-refractivity contribution is 7.92. The molecule has 0 unspecified atom stereocenters. The fourth-order valence-electron chi connectivity index (χ4n) is 1.87. The van der Waals surface area contributed by atoms with Crippen molar-refractivity contribution >= 4 is 27.3 Å². The molecule has 0 aliphatic rings. The van der Waals surface area contributed by atoms with E-state index in [1.165, 1.54) is 12.1 Å². The molecule has 0 spiro atoms. The third-order valence-corrected chi connectivity index (χ3v) is 4.70. The van der Waals surface area contributed by atoms with Gasteiger partial charge in [-0.2, -0.15) is 0 Å². The van der Waals surface area contributed by atoms with Gasteiger partial charge >= 0.3 is 0 Å². The molecule has 2 aromatic carbocycles. The van der Waals surface area contributed by atoms with Crippen molar-refractivity contribution in [1.82, 2.24) is 0 Å². The summed E-state index contributed by atoms with van der Waals surface area (Å²) in [5, 5.41) is 9.21. The summed E-state index contributed by atoms with van der Waals surface area (Å²) < 4.78 is 27.0. The van der Waals surface area contributed by atoms with Gasteiger partial charge in [-0.15, -0.1) is 0 Å². The van der Waals surface area contributed by atoms with E-state index in [9.17, 15) is 8.42 Å². The maximum absolute atomic E-state index is 12.3. The van der Waals surface area contributed by atoms with Crippen molar-refractivity contribution in [1.29, 1.82) is 0 Å². The minimum atomic E-state index is -3.68. The standard InChI is InChI=1S/C15H16ClNO3S/c1-11-2-7-15(14(16)10-11)17-21(19,20)13-5-3-12(4-6-13)8-9-18/h2-7,10,17-18H,8-9H2,1H3. The molecule has 0 heterocycles. The highest BCUT2D eigenvalue weighted by Crippen LogP contribution is 2.25. The molecule has 6 heteroatoms. The van der Waals surface area contributed by atoms with E-state index in [0.717, 1.165) is 11.1 Å². The Balaban J connectivity index is 2.25. The quantitative estimate of drug-likeness (QED) is 0.888. The lowest BCUT2D eigenvalue weighted by molar-refractivity contribution is 0.299. The molecule has 0 saturated heterocycles. The van der Waals surface area contributed by atoms with Crippen molar-refractivity contribution in [2.24, 2.45) is 0 Å². The lowest BCUT2D eigenvalue weighted by Gasteiger charge is -2.10. The van der Waals surface area contributed by atoms with E-state index in [-0.39, 0.29) is 11.5 Å². The van der Waals surface area contributed by atoms with Gasteiger partial charge in [0, 0.05) is 6.61 Å². The fraction of sp³-hybridized carbons (Fsp3) is 0.200. The molecule has 0 fully saturated rings. The molecule has 112 valence electrons. The average Bonchev–Trinajstić information content (AvgIpc) is 2.43. The molecule has 0 amide bonds. The zero-order valence-electron chi connectivity index (χ0n) is 11.5. The summed E-state index contributed by atoms with van der Waals surface area (Å²) in [5.41, 5.74) is 2.18. The van der Waals surface area contributed by atoms with Crippen LogP contribution in [0.2, 0.25) is 5.02 Å². The van der Waals surface area contributed by atoms with Gasteiger partial charge in [-0.05, 0) is 48.7 Å². The van der Waals surface area contributed by atoms with Crippen LogP contribution in [0, 0.1) is 6.92 Å². The number of benzene rings is 2. The van der Waals surface area contributed by atoms with Gasteiger partial charge in [0.05, 0.1) is 15.6 Å². The van der Waals surface area contributed by atoms with E-state index in [0.29, 0.717) is 17.1 Å². The zero-order chi connectivity index (χ0) is 15.5. The smallest absolute Gasteiger partial charge is 0.261 e. The number of aryl methyl sites for hydroxylation is 1. The first-order valence-electron chi connectivity index (χ1n) is 6.41. The van der Waals surface area contributed by atoms with Crippen LogP contribution in [0.3, 0.4) is 0 Å². The Labute approximate surface area is 129 Å². The first-order chi connectivity index (χ1) is 9.92. The van der Waals surface area contributed by atoms with Gasteiger partial charge in [0.15, 0.2) is 0 Å². The number of rotatable bonds is 5. The van der Waals surface area contributed by atoms with E-state index in [2.05, 4.69) is 4.72 Å². The van der Waals surface area contributed by atoms with Crippen LogP contribution in [0.1, 0.15) is 11.1 Å². The molecule has 2 aromatic rings. The number of aliphatic hydroxyl groups excluding tert-OH is 1. The first kappa shape index (κ1) is 15.8. The summed E-state index contributed by atoms with van der Waals surface area (Å²) in [4.78, 5) is 0.154. The van der Waals surface area contributed by atoms with E-state index in [1.54, 1.807) is 30.3 Å². The van der Waals surface area contributed by atoms with Crippen LogP contribution in [0.5, 0.6) is 0 Å².